The topological polar surface area (TPSA) is 134 Å². The Morgan fingerprint density at radius 3 is 2.26 bits per heavy atom. The molecule has 1 heterocycles. The zero-order valence-electron chi connectivity index (χ0n) is 28.2. The van der Waals surface area contributed by atoms with Crippen molar-refractivity contribution in [3.63, 3.8) is 0 Å². The number of aliphatic hydroxyl groups excluding tert-OH is 1. The summed E-state index contributed by atoms with van der Waals surface area (Å²) in [6.07, 6.45) is 2.61. The minimum absolute atomic E-state index is 0.00840. The van der Waals surface area contributed by atoms with Crippen LogP contribution in [0.2, 0.25) is 0 Å². The van der Waals surface area contributed by atoms with Crippen LogP contribution in [0.5, 0.6) is 0 Å². The van der Waals surface area contributed by atoms with Gasteiger partial charge < -0.3 is 30.3 Å². The quantitative estimate of drug-likeness (QED) is 0.0715. The summed E-state index contributed by atoms with van der Waals surface area (Å²) in [5, 5.41) is 24.6. The zero-order valence-corrected chi connectivity index (χ0v) is 29.0. The fourth-order valence-electron chi connectivity index (χ4n) is 5.77. The van der Waals surface area contributed by atoms with Crippen molar-refractivity contribution in [3.05, 3.63) is 125 Å². The first-order chi connectivity index (χ1) is 24.3. The summed E-state index contributed by atoms with van der Waals surface area (Å²) in [6, 6.07) is 30.9. The maximum absolute atomic E-state index is 12.4. The number of aromatic carboxylic acids is 1. The predicted octanol–water partition coefficient (Wildman–Crippen LogP) is 7.19. The fraction of sp³-hybridized carbons (Fsp3) is 0.325. The summed E-state index contributed by atoms with van der Waals surface area (Å²) >= 11 is 1.61. The van der Waals surface area contributed by atoms with Gasteiger partial charge in [0.2, 0.25) is 11.8 Å². The summed E-state index contributed by atoms with van der Waals surface area (Å²) in [5.74, 6) is -0.325. The molecule has 0 unspecified atom stereocenters. The average molecular weight is 697 g/mol. The van der Waals surface area contributed by atoms with Crippen molar-refractivity contribution in [2.75, 3.05) is 12.3 Å². The largest absolute Gasteiger partial charge is 0.478 e. The molecular weight excluding hydrogens is 653 g/mol. The number of hydrogen-bond donors (Lipinski definition) is 4. The second kappa shape index (κ2) is 18.5. The van der Waals surface area contributed by atoms with Gasteiger partial charge in [-0.25, -0.2) is 4.79 Å². The van der Waals surface area contributed by atoms with Crippen molar-refractivity contribution < 1.29 is 34.1 Å². The van der Waals surface area contributed by atoms with Gasteiger partial charge in [-0.3, -0.25) is 9.59 Å². The molecule has 4 aromatic rings. The number of amides is 2. The van der Waals surface area contributed by atoms with E-state index in [1.807, 2.05) is 72.8 Å². The molecule has 5 rings (SSSR count). The Morgan fingerprint density at radius 2 is 1.54 bits per heavy atom. The summed E-state index contributed by atoms with van der Waals surface area (Å²) in [6.45, 7) is 2.54. The van der Waals surface area contributed by atoms with E-state index < -0.39 is 12.3 Å². The van der Waals surface area contributed by atoms with Gasteiger partial charge in [0.1, 0.15) is 0 Å². The van der Waals surface area contributed by atoms with E-state index in [0.717, 1.165) is 57.5 Å². The molecule has 0 spiro atoms. The Morgan fingerprint density at radius 1 is 0.800 bits per heavy atom. The number of carbonyl (C=O) groups excluding carboxylic acids is 2. The second-order valence-corrected chi connectivity index (χ2v) is 13.5. The van der Waals surface area contributed by atoms with Crippen molar-refractivity contribution in [2.45, 2.75) is 75.6 Å². The molecule has 1 aliphatic rings. The summed E-state index contributed by atoms with van der Waals surface area (Å²) in [4.78, 5) is 35.7. The maximum Gasteiger partial charge on any atom is 0.335 e. The molecule has 0 aromatic heterocycles. The summed E-state index contributed by atoms with van der Waals surface area (Å²) in [7, 11) is 0. The smallest absolute Gasteiger partial charge is 0.335 e. The summed E-state index contributed by atoms with van der Waals surface area (Å²) in [5.41, 5.74) is 5.99. The number of nitrogens with one attached hydrogen (secondary N) is 2. The molecule has 1 aliphatic heterocycles. The Labute approximate surface area is 297 Å². The minimum atomic E-state index is -0.952. The van der Waals surface area contributed by atoms with E-state index in [-0.39, 0.29) is 36.2 Å². The highest BCUT2D eigenvalue weighted by atomic mass is 32.2. The van der Waals surface area contributed by atoms with E-state index in [9.17, 15) is 24.6 Å². The van der Waals surface area contributed by atoms with Crippen molar-refractivity contribution >= 4 is 29.5 Å². The third-order valence-corrected chi connectivity index (χ3v) is 9.66. The molecule has 0 saturated carbocycles. The van der Waals surface area contributed by atoms with Crippen LogP contribution >= 0.6 is 11.8 Å². The first-order valence-electron chi connectivity index (χ1n) is 16.9. The number of unbranched alkanes of at least 4 members (excludes halogenated alkanes) is 2. The molecule has 10 heteroatoms. The Kier molecular flexibility index (Phi) is 13.6. The molecule has 0 radical (unpaired) electrons. The average Bonchev–Trinajstić information content (AvgIpc) is 3.14. The van der Waals surface area contributed by atoms with Gasteiger partial charge in [0, 0.05) is 49.1 Å². The van der Waals surface area contributed by atoms with Crippen molar-refractivity contribution in [2.24, 2.45) is 0 Å². The third kappa shape index (κ3) is 11.0. The van der Waals surface area contributed by atoms with Crippen molar-refractivity contribution in [1.82, 2.24) is 10.6 Å². The number of carboxylic acid groups (broad SMARTS) is 1. The minimum Gasteiger partial charge on any atom is -0.478 e. The van der Waals surface area contributed by atoms with E-state index in [1.165, 1.54) is 6.92 Å². The second-order valence-electron chi connectivity index (χ2n) is 12.4. The first-order valence-corrected chi connectivity index (χ1v) is 17.9. The van der Waals surface area contributed by atoms with Crippen LogP contribution in [-0.4, -0.2) is 46.4 Å². The Bertz CT molecular complexity index is 1730. The normalized spacial score (nSPS) is 17.2. The molecule has 0 bridgehead atoms. The molecule has 1 saturated heterocycles. The van der Waals surface area contributed by atoms with Gasteiger partial charge in [-0.2, -0.15) is 0 Å². The zero-order chi connectivity index (χ0) is 35.3. The molecule has 9 nitrogen and oxygen atoms in total. The molecular formula is C40H44N2O7S. The maximum atomic E-state index is 12.4. The van der Waals surface area contributed by atoms with E-state index in [2.05, 4.69) is 22.8 Å². The highest BCUT2D eigenvalue weighted by molar-refractivity contribution is 7.99. The lowest BCUT2D eigenvalue weighted by molar-refractivity contribution is -0.245. The Balaban J connectivity index is 1.24. The van der Waals surface area contributed by atoms with Crippen LogP contribution in [0, 0.1) is 0 Å². The van der Waals surface area contributed by atoms with Crippen LogP contribution in [0.25, 0.3) is 11.1 Å². The number of thioether (sulfide) groups is 1. The fourth-order valence-corrected chi connectivity index (χ4v) is 6.69. The van der Waals surface area contributed by atoms with E-state index in [0.29, 0.717) is 31.7 Å². The van der Waals surface area contributed by atoms with Gasteiger partial charge >= 0.3 is 5.97 Å². The molecule has 0 aliphatic carbocycles. The number of ether oxygens (including phenoxy) is 2. The number of carboxylic acids is 1. The molecule has 4 N–H and O–H groups in total. The van der Waals surface area contributed by atoms with E-state index in [1.54, 1.807) is 23.9 Å². The lowest BCUT2D eigenvalue weighted by Gasteiger charge is -2.36. The number of benzene rings is 4. The SMILES string of the molecule is CC(=O)NCCCCCC(=O)NCc1cccc(-c2cccc([C@H]3O[C@@H](CSc4ccc(C(=O)O)cc4)C[C@@H](c4ccc(CO)cc4)O3)c2)c1. The lowest BCUT2D eigenvalue weighted by atomic mass is 9.99. The number of aliphatic hydroxyl groups is 1. The van der Waals surface area contributed by atoms with Gasteiger partial charge in [0.05, 0.1) is 24.4 Å². The van der Waals surface area contributed by atoms with Crippen molar-refractivity contribution in [1.29, 1.82) is 0 Å². The highest BCUT2D eigenvalue weighted by Crippen LogP contribution is 2.40. The van der Waals surface area contributed by atoms with Gasteiger partial charge in [-0.15, -0.1) is 11.8 Å². The van der Waals surface area contributed by atoms with E-state index >= 15 is 0 Å². The molecule has 4 aromatic carbocycles. The monoisotopic (exact) mass is 696 g/mol. The van der Waals surface area contributed by atoms with Crippen LogP contribution in [0.3, 0.4) is 0 Å². The standard InChI is InChI=1S/C40H44N2O7S/c1-27(44)41-20-4-2-3-11-38(45)42-24-29-7-5-8-32(21-29)33-9-6-10-34(22-33)40-48-35(26-50-36-18-16-31(17-19-36)39(46)47)23-37(49-40)30-14-12-28(25-43)13-15-30/h5-10,12-19,21-22,35,37,40,43H,2-4,11,20,23-26H2,1H3,(H,41,44)(H,42,45)(H,46,47)/t35-,37+,40+/m1/s1. The van der Waals surface area contributed by atoms with Crippen LogP contribution < -0.4 is 10.6 Å². The third-order valence-electron chi connectivity index (χ3n) is 8.52. The van der Waals surface area contributed by atoms with Crippen molar-refractivity contribution in [3.8, 4) is 11.1 Å². The summed E-state index contributed by atoms with van der Waals surface area (Å²) < 4.78 is 13.1. The number of carbonyl (C=O) groups is 3. The molecule has 3 atom stereocenters. The number of hydrogen-bond acceptors (Lipinski definition) is 7. The highest BCUT2D eigenvalue weighted by Gasteiger charge is 2.32. The predicted molar refractivity (Wildman–Crippen MR) is 193 cm³/mol. The van der Waals surface area contributed by atoms with Gasteiger partial charge in [-0.1, -0.05) is 67.1 Å². The molecule has 1 fully saturated rings. The van der Waals surface area contributed by atoms with Crippen LogP contribution in [0.15, 0.2) is 102 Å². The van der Waals surface area contributed by atoms with Crippen LogP contribution in [0.1, 0.15) is 84.0 Å². The Hall–Kier alpha value is -4.48. The molecule has 50 heavy (non-hydrogen) atoms. The van der Waals surface area contributed by atoms with Gasteiger partial charge in [-0.05, 0) is 77.1 Å². The first kappa shape index (κ1) is 36.8. The van der Waals surface area contributed by atoms with Crippen LogP contribution in [-0.2, 0) is 32.2 Å². The molecule has 2 amide bonds. The van der Waals surface area contributed by atoms with Gasteiger partial charge in [0.15, 0.2) is 6.29 Å². The number of rotatable bonds is 16. The van der Waals surface area contributed by atoms with Crippen LogP contribution in [0.4, 0.5) is 0 Å². The molecule has 262 valence electrons. The van der Waals surface area contributed by atoms with Gasteiger partial charge in [0.25, 0.3) is 0 Å². The van der Waals surface area contributed by atoms with E-state index in [4.69, 9.17) is 9.47 Å². The lowest BCUT2D eigenvalue weighted by Crippen LogP contribution is -2.31.